The monoisotopic (exact) mass is 347 g/mol. The van der Waals surface area contributed by atoms with Crippen molar-refractivity contribution in [1.82, 2.24) is 4.90 Å². The Morgan fingerprint density at radius 1 is 1.08 bits per heavy atom. The van der Waals surface area contributed by atoms with E-state index in [4.69, 9.17) is 0 Å². The number of hydrogen-bond donors (Lipinski definition) is 1. The highest BCUT2D eigenvalue weighted by Gasteiger charge is 2.22. The van der Waals surface area contributed by atoms with Gasteiger partial charge in [-0.1, -0.05) is 36.4 Å². The van der Waals surface area contributed by atoms with Gasteiger partial charge < -0.3 is 9.84 Å². The molecule has 0 saturated carbocycles. The molecule has 1 atom stereocenters. The maximum atomic E-state index is 12.2. The predicted molar refractivity (Wildman–Crippen MR) is 92.5 cm³/mol. The fourth-order valence-electron chi connectivity index (χ4n) is 3.45. The molecule has 2 aromatic carbocycles. The van der Waals surface area contributed by atoms with E-state index in [2.05, 4.69) is 21.8 Å². The van der Waals surface area contributed by atoms with Gasteiger partial charge in [-0.05, 0) is 54.1 Å². The van der Waals surface area contributed by atoms with Crippen LogP contribution in [-0.4, -0.2) is 29.7 Å². The molecule has 1 N–H and O–H groups in total. The summed E-state index contributed by atoms with van der Waals surface area (Å²) >= 11 is 0. The van der Waals surface area contributed by atoms with E-state index in [0.29, 0.717) is 5.92 Å². The lowest BCUT2D eigenvalue weighted by atomic mass is 9.97. The molecule has 1 fully saturated rings. The minimum Gasteiger partial charge on any atom is -0.435 e. The molecule has 0 bridgehead atoms. The number of halogens is 2. The van der Waals surface area contributed by atoms with Crippen molar-refractivity contribution in [3.05, 3.63) is 65.2 Å². The Labute approximate surface area is 146 Å². The van der Waals surface area contributed by atoms with Crippen molar-refractivity contribution in [2.45, 2.75) is 32.6 Å². The van der Waals surface area contributed by atoms with E-state index in [9.17, 15) is 13.9 Å². The van der Waals surface area contributed by atoms with Gasteiger partial charge in [0.25, 0.3) is 0 Å². The predicted octanol–water partition coefficient (Wildman–Crippen LogP) is 3.84. The number of ether oxygens (including phenoxy) is 1. The molecule has 1 saturated heterocycles. The van der Waals surface area contributed by atoms with Crippen LogP contribution in [-0.2, 0) is 19.6 Å². The first-order valence-electron chi connectivity index (χ1n) is 8.57. The molecule has 25 heavy (non-hydrogen) atoms. The number of benzene rings is 2. The SMILES string of the molecule is OCc1cccc(CC2CCN(Cc3ccc(OC(F)F)cc3)C2)c1. The third-order valence-electron chi connectivity index (χ3n) is 4.62. The standard InChI is InChI=1S/C20H23F2NO2/c21-20(22)25-19-6-4-15(5-7-19)12-23-9-8-17(13-23)10-16-2-1-3-18(11-16)14-24/h1-7,11,17,20,24H,8-10,12-14H2. The Bertz CT molecular complexity index is 676. The molecule has 3 rings (SSSR count). The number of hydrogen-bond acceptors (Lipinski definition) is 3. The lowest BCUT2D eigenvalue weighted by molar-refractivity contribution is -0.0498. The van der Waals surface area contributed by atoms with Crippen molar-refractivity contribution in [3.63, 3.8) is 0 Å². The van der Waals surface area contributed by atoms with Crippen LogP contribution in [0.25, 0.3) is 0 Å². The molecule has 1 heterocycles. The minimum absolute atomic E-state index is 0.0793. The average Bonchev–Trinajstić information content (AvgIpc) is 3.03. The highest BCUT2D eigenvalue weighted by Crippen LogP contribution is 2.24. The summed E-state index contributed by atoms with van der Waals surface area (Å²) in [4.78, 5) is 2.39. The number of aliphatic hydroxyl groups is 1. The summed E-state index contributed by atoms with van der Waals surface area (Å²) in [7, 11) is 0. The van der Waals surface area contributed by atoms with Gasteiger partial charge in [-0.3, -0.25) is 4.90 Å². The Hall–Kier alpha value is -1.98. The van der Waals surface area contributed by atoms with Gasteiger partial charge in [-0.2, -0.15) is 8.78 Å². The fourth-order valence-corrected chi connectivity index (χ4v) is 3.45. The van der Waals surface area contributed by atoms with Crippen LogP contribution in [0.15, 0.2) is 48.5 Å². The maximum absolute atomic E-state index is 12.2. The van der Waals surface area contributed by atoms with Gasteiger partial charge in [0.05, 0.1) is 6.61 Å². The minimum atomic E-state index is -2.78. The van der Waals surface area contributed by atoms with Crippen LogP contribution in [0.4, 0.5) is 8.78 Å². The van der Waals surface area contributed by atoms with Gasteiger partial charge in [0, 0.05) is 13.1 Å². The van der Waals surface area contributed by atoms with Gasteiger partial charge in [-0.25, -0.2) is 0 Å². The third kappa shape index (κ3) is 5.25. The Morgan fingerprint density at radius 3 is 2.56 bits per heavy atom. The molecule has 1 unspecified atom stereocenters. The quantitative estimate of drug-likeness (QED) is 0.826. The van der Waals surface area contributed by atoms with Crippen LogP contribution in [0, 0.1) is 5.92 Å². The molecule has 1 aliphatic heterocycles. The summed E-state index contributed by atoms with van der Waals surface area (Å²) in [5.74, 6) is 0.803. The van der Waals surface area contributed by atoms with E-state index in [1.807, 2.05) is 24.3 Å². The second-order valence-electron chi connectivity index (χ2n) is 6.59. The smallest absolute Gasteiger partial charge is 0.387 e. The molecule has 0 aliphatic carbocycles. The second kappa shape index (κ2) is 8.41. The van der Waals surface area contributed by atoms with Crippen molar-refractivity contribution in [1.29, 1.82) is 0 Å². The molecule has 5 heteroatoms. The second-order valence-corrected chi connectivity index (χ2v) is 6.59. The molecule has 2 aromatic rings. The average molecular weight is 347 g/mol. The largest absolute Gasteiger partial charge is 0.435 e. The van der Waals surface area contributed by atoms with Crippen LogP contribution in [0.5, 0.6) is 5.75 Å². The fraction of sp³-hybridized carbons (Fsp3) is 0.400. The normalized spacial score (nSPS) is 18.0. The van der Waals surface area contributed by atoms with Gasteiger partial charge in [-0.15, -0.1) is 0 Å². The van der Waals surface area contributed by atoms with Crippen LogP contribution in [0.2, 0.25) is 0 Å². The number of nitrogens with zero attached hydrogens (tertiary/aromatic N) is 1. The number of alkyl halides is 2. The summed E-state index contributed by atoms with van der Waals surface area (Å²) in [5, 5.41) is 9.24. The van der Waals surface area contributed by atoms with Crippen molar-refractivity contribution >= 4 is 0 Å². The first kappa shape index (κ1) is 17.8. The topological polar surface area (TPSA) is 32.7 Å². The molecule has 0 radical (unpaired) electrons. The summed E-state index contributed by atoms with van der Waals surface area (Å²) < 4.78 is 28.7. The molecule has 0 spiro atoms. The summed E-state index contributed by atoms with van der Waals surface area (Å²) in [5.41, 5.74) is 3.33. The maximum Gasteiger partial charge on any atom is 0.387 e. The number of aliphatic hydroxyl groups excluding tert-OH is 1. The summed E-state index contributed by atoms with van der Waals surface area (Å²) in [6.45, 7) is 0.186. The van der Waals surface area contributed by atoms with E-state index in [1.165, 1.54) is 5.56 Å². The zero-order valence-electron chi connectivity index (χ0n) is 14.1. The zero-order valence-corrected chi connectivity index (χ0v) is 14.1. The molecule has 1 aliphatic rings. The van der Waals surface area contributed by atoms with Crippen LogP contribution in [0.1, 0.15) is 23.1 Å². The Morgan fingerprint density at radius 2 is 1.84 bits per heavy atom. The zero-order chi connectivity index (χ0) is 17.6. The van der Waals surface area contributed by atoms with Crippen molar-refractivity contribution in [3.8, 4) is 5.75 Å². The molecular weight excluding hydrogens is 324 g/mol. The molecular formula is C20H23F2NO2. The lowest BCUT2D eigenvalue weighted by Gasteiger charge is -2.16. The van der Waals surface area contributed by atoms with E-state index in [0.717, 1.165) is 43.6 Å². The molecule has 0 aromatic heterocycles. The first-order valence-corrected chi connectivity index (χ1v) is 8.57. The van der Waals surface area contributed by atoms with Crippen molar-refractivity contribution < 1.29 is 18.6 Å². The van der Waals surface area contributed by atoms with Gasteiger partial charge in [0.15, 0.2) is 0 Å². The molecule has 134 valence electrons. The van der Waals surface area contributed by atoms with Crippen molar-refractivity contribution in [2.24, 2.45) is 5.92 Å². The van der Waals surface area contributed by atoms with E-state index >= 15 is 0 Å². The molecule has 3 nitrogen and oxygen atoms in total. The van der Waals surface area contributed by atoms with E-state index in [-0.39, 0.29) is 12.4 Å². The lowest BCUT2D eigenvalue weighted by Crippen LogP contribution is -2.20. The molecule has 0 amide bonds. The highest BCUT2D eigenvalue weighted by atomic mass is 19.3. The summed E-state index contributed by atoms with van der Waals surface area (Å²) in [6.07, 6.45) is 2.17. The van der Waals surface area contributed by atoms with E-state index in [1.54, 1.807) is 12.1 Å². The Kier molecular flexibility index (Phi) is 6.00. The Balaban J connectivity index is 1.50. The van der Waals surface area contributed by atoms with E-state index < -0.39 is 6.61 Å². The highest BCUT2D eigenvalue weighted by molar-refractivity contribution is 5.27. The van der Waals surface area contributed by atoms with Crippen LogP contribution in [0.3, 0.4) is 0 Å². The van der Waals surface area contributed by atoms with Gasteiger partial charge >= 0.3 is 6.61 Å². The van der Waals surface area contributed by atoms with Gasteiger partial charge in [0.2, 0.25) is 0 Å². The van der Waals surface area contributed by atoms with Crippen LogP contribution < -0.4 is 4.74 Å². The van der Waals surface area contributed by atoms with Crippen LogP contribution >= 0.6 is 0 Å². The summed E-state index contributed by atoms with van der Waals surface area (Å²) in [6, 6.07) is 15.0. The van der Waals surface area contributed by atoms with Crippen molar-refractivity contribution in [2.75, 3.05) is 13.1 Å². The third-order valence-corrected chi connectivity index (χ3v) is 4.62. The number of rotatable bonds is 7. The first-order chi connectivity index (χ1) is 12.1. The van der Waals surface area contributed by atoms with Gasteiger partial charge in [0.1, 0.15) is 5.75 Å². The number of likely N-dealkylation sites (tertiary alicyclic amines) is 1.